The molecule has 0 aliphatic rings. The quantitative estimate of drug-likeness (QED) is 0.559. The number of phenols is 1. The number of phenolic OH excluding ortho intramolecular Hbond substituents is 1. The van der Waals surface area contributed by atoms with Crippen molar-refractivity contribution < 1.29 is 24.1 Å². The second-order valence-corrected chi connectivity index (χ2v) is 5.16. The maximum Gasteiger partial charge on any atom is 0.271 e. The van der Waals surface area contributed by atoms with Gasteiger partial charge in [0.1, 0.15) is 0 Å². The van der Waals surface area contributed by atoms with E-state index in [1.54, 1.807) is 30.3 Å². The van der Waals surface area contributed by atoms with Gasteiger partial charge in [-0.3, -0.25) is 4.79 Å². The summed E-state index contributed by atoms with van der Waals surface area (Å²) in [5, 5.41) is 13.5. The monoisotopic (exact) mass is 358 g/mol. The number of aromatic hydroxyl groups is 1. The number of amides is 1. The number of hydrogen-bond donors (Lipinski definition) is 2. The number of benzene rings is 2. The van der Waals surface area contributed by atoms with Gasteiger partial charge in [-0.15, -0.1) is 0 Å². The van der Waals surface area contributed by atoms with E-state index in [-0.39, 0.29) is 11.7 Å². The largest absolute Gasteiger partial charge is 0.504 e. The lowest BCUT2D eigenvalue weighted by atomic mass is 10.2. The summed E-state index contributed by atoms with van der Waals surface area (Å²) >= 11 is 0. The predicted molar refractivity (Wildman–Crippen MR) is 98.5 cm³/mol. The molecule has 7 heteroatoms. The van der Waals surface area contributed by atoms with Gasteiger partial charge in [-0.25, -0.2) is 5.43 Å². The number of carbonyl (C=O) groups is 1. The van der Waals surface area contributed by atoms with E-state index in [1.807, 2.05) is 13.8 Å². The molecule has 2 aromatic carbocycles. The third-order valence-corrected chi connectivity index (χ3v) is 3.39. The van der Waals surface area contributed by atoms with Crippen molar-refractivity contribution in [2.75, 3.05) is 20.3 Å². The Hall–Kier alpha value is -3.22. The third-order valence-electron chi connectivity index (χ3n) is 3.39. The van der Waals surface area contributed by atoms with Crippen LogP contribution < -0.4 is 19.6 Å². The van der Waals surface area contributed by atoms with Crippen LogP contribution in [0.1, 0.15) is 29.8 Å². The van der Waals surface area contributed by atoms with E-state index in [4.69, 9.17) is 14.2 Å². The normalized spacial score (nSPS) is 10.6. The Bertz CT molecular complexity index is 789. The first kappa shape index (κ1) is 19.1. The molecule has 0 aliphatic heterocycles. The van der Waals surface area contributed by atoms with Crippen molar-refractivity contribution in [3.8, 4) is 23.0 Å². The number of ether oxygens (including phenoxy) is 3. The fraction of sp³-hybridized carbons (Fsp3) is 0.263. The second kappa shape index (κ2) is 9.31. The number of hydrazone groups is 1. The predicted octanol–water partition coefficient (Wildman–Crippen LogP) is 2.96. The van der Waals surface area contributed by atoms with Crippen LogP contribution in [0, 0.1) is 0 Å². The molecule has 0 radical (unpaired) electrons. The van der Waals surface area contributed by atoms with Crippen LogP contribution in [0.5, 0.6) is 23.0 Å². The van der Waals surface area contributed by atoms with Crippen LogP contribution in [0.3, 0.4) is 0 Å². The van der Waals surface area contributed by atoms with Crippen LogP contribution >= 0.6 is 0 Å². The van der Waals surface area contributed by atoms with Crippen molar-refractivity contribution in [1.29, 1.82) is 0 Å². The highest BCUT2D eigenvalue weighted by Crippen LogP contribution is 2.28. The van der Waals surface area contributed by atoms with E-state index in [9.17, 15) is 9.90 Å². The zero-order chi connectivity index (χ0) is 18.9. The Kier molecular flexibility index (Phi) is 6.84. The number of hydrogen-bond acceptors (Lipinski definition) is 6. The van der Waals surface area contributed by atoms with Crippen LogP contribution in [0.4, 0.5) is 0 Å². The minimum Gasteiger partial charge on any atom is -0.504 e. The highest BCUT2D eigenvalue weighted by atomic mass is 16.5. The van der Waals surface area contributed by atoms with Gasteiger partial charge in [-0.2, -0.15) is 5.10 Å². The third kappa shape index (κ3) is 4.89. The Balaban J connectivity index is 2.08. The molecule has 7 nitrogen and oxygen atoms in total. The van der Waals surface area contributed by atoms with E-state index in [1.165, 1.54) is 19.4 Å². The number of carbonyl (C=O) groups excluding carboxylic acids is 1. The first-order valence-electron chi connectivity index (χ1n) is 8.19. The number of nitrogens with zero attached hydrogens (tertiary/aromatic N) is 1. The maximum atomic E-state index is 12.3. The molecule has 2 aromatic rings. The summed E-state index contributed by atoms with van der Waals surface area (Å²) in [7, 11) is 1.46. The molecule has 0 fully saturated rings. The van der Waals surface area contributed by atoms with Crippen LogP contribution in [-0.4, -0.2) is 37.6 Å². The smallest absolute Gasteiger partial charge is 0.271 e. The molecule has 2 N–H and O–H groups in total. The molecule has 0 spiro atoms. The first-order valence-corrected chi connectivity index (χ1v) is 8.19. The SMILES string of the molecule is CCOc1ccc(C(=O)N/N=C/c2ccc(O)c(OC)c2)cc1OCC. The Morgan fingerprint density at radius 1 is 1.08 bits per heavy atom. The van der Waals surface area contributed by atoms with Gasteiger partial charge in [0.15, 0.2) is 23.0 Å². The standard InChI is InChI=1S/C19H22N2O5/c1-4-25-16-9-7-14(11-18(16)26-5-2)19(23)21-20-12-13-6-8-15(22)17(10-13)24-3/h6-12,22H,4-5H2,1-3H3,(H,21,23)/b20-12+. The summed E-state index contributed by atoms with van der Waals surface area (Å²) < 4.78 is 16.0. The average Bonchev–Trinajstić information content (AvgIpc) is 2.64. The van der Waals surface area contributed by atoms with Crippen molar-refractivity contribution >= 4 is 12.1 Å². The number of nitrogens with one attached hydrogen (secondary N) is 1. The Labute approximate surface area is 152 Å². The van der Waals surface area contributed by atoms with Crippen molar-refractivity contribution in [2.24, 2.45) is 5.10 Å². The highest BCUT2D eigenvalue weighted by Gasteiger charge is 2.11. The summed E-state index contributed by atoms with van der Waals surface area (Å²) in [5.41, 5.74) is 3.52. The van der Waals surface area contributed by atoms with E-state index in [0.29, 0.717) is 41.6 Å². The molecule has 0 saturated heterocycles. The number of rotatable bonds is 8. The second-order valence-electron chi connectivity index (χ2n) is 5.16. The van der Waals surface area contributed by atoms with E-state index < -0.39 is 0 Å². The topological polar surface area (TPSA) is 89.4 Å². The Morgan fingerprint density at radius 3 is 2.50 bits per heavy atom. The lowest BCUT2D eigenvalue weighted by molar-refractivity contribution is 0.0954. The van der Waals surface area contributed by atoms with Crippen molar-refractivity contribution in [1.82, 2.24) is 5.43 Å². The van der Waals surface area contributed by atoms with Crippen LogP contribution in [0.15, 0.2) is 41.5 Å². The van der Waals surface area contributed by atoms with Crippen LogP contribution in [0.25, 0.3) is 0 Å². The molecule has 2 rings (SSSR count). The van der Waals surface area contributed by atoms with E-state index in [2.05, 4.69) is 10.5 Å². The molecule has 0 heterocycles. The number of methoxy groups -OCH3 is 1. The molecular formula is C19H22N2O5. The van der Waals surface area contributed by atoms with Crippen LogP contribution in [-0.2, 0) is 0 Å². The Morgan fingerprint density at radius 2 is 1.81 bits per heavy atom. The minimum atomic E-state index is -0.379. The van der Waals surface area contributed by atoms with Gasteiger partial charge in [0.25, 0.3) is 5.91 Å². The van der Waals surface area contributed by atoms with Crippen molar-refractivity contribution in [2.45, 2.75) is 13.8 Å². The fourth-order valence-electron chi connectivity index (χ4n) is 2.20. The zero-order valence-corrected chi connectivity index (χ0v) is 15.0. The molecule has 0 aliphatic carbocycles. The summed E-state index contributed by atoms with van der Waals surface area (Å²) in [4.78, 5) is 12.3. The molecular weight excluding hydrogens is 336 g/mol. The van der Waals surface area contributed by atoms with Gasteiger partial charge < -0.3 is 19.3 Å². The fourth-order valence-corrected chi connectivity index (χ4v) is 2.20. The summed E-state index contributed by atoms with van der Waals surface area (Å²) in [6.45, 7) is 4.71. The molecule has 0 atom stereocenters. The van der Waals surface area contributed by atoms with Gasteiger partial charge in [0.05, 0.1) is 26.5 Å². The molecule has 0 unspecified atom stereocenters. The molecule has 0 bridgehead atoms. The average molecular weight is 358 g/mol. The molecule has 0 saturated carbocycles. The van der Waals surface area contributed by atoms with Crippen molar-refractivity contribution in [3.63, 3.8) is 0 Å². The van der Waals surface area contributed by atoms with Gasteiger partial charge in [-0.05, 0) is 55.8 Å². The molecule has 138 valence electrons. The van der Waals surface area contributed by atoms with Crippen LogP contribution in [0.2, 0.25) is 0 Å². The summed E-state index contributed by atoms with van der Waals surface area (Å²) in [6.07, 6.45) is 1.46. The summed E-state index contributed by atoms with van der Waals surface area (Å²) in [5.74, 6) is 1.08. The lowest BCUT2D eigenvalue weighted by Crippen LogP contribution is -2.17. The van der Waals surface area contributed by atoms with Gasteiger partial charge in [0, 0.05) is 5.56 Å². The lowest BCUT2D eigenvalue weighted by Gasteiger charge is -2.11. The molecule has 1 amide bonds. The van der Waals surface area contributed by atoms with Crippen molar-refractivity contribution in [3.05, 3.63) is 47.5 Å². The van der Waals surface area contributed by atoms with Gasteiger partial charge in [-0.1, -0.05) is 0 Å². The minimum absolute atomic E-state index is 0.0338. The summed E-state index contributed by atoms with van der Waals surface area (Å²) in [6, 6.07) is 9.69. The zero-order valence-electron chi connectivity index (χ0n) is 15.0. The van der Waals surface area contributed by atoms with Gasteiger partial charge >= 0.3 is 0 Å². The van der Waals surface area contributed by atoms with E-state index in [0.717, 1.165) is 0 Å². The highest BCUT2D eigenvalue weighted by molar-refractivity contribution is 5.95. The first-order chi connectivity index (χ1) is 12.6. The molecule has 26 heavy (non-hydrogen) atoms. The molecule has 0 aromatic heterocycles. The van der Waals surface area contributed by atoms with E-state index >= 15 is 0 Å². The maximum absolute atomic E-state index is 12.3. The van der Waals surface area contributed by atoms with Gasteiger partial charge in [0.2, 0.25) is 0 Å².